The van der Waals surface area contributed by atoms with E-state index in [1.165, 1.54) is 0 Å². The average Bonchev–Trinajstić information content (AvgIpc) is 0.811. The molecular weight excluding hydrogens is 361 g/mol. The summed E-state index contributed by atoms with van der Waals surface area (Å²) in [5.41, 5.74) is 0. The van der Waals surface area contributed by atoms with Gasteiger partial charge in [0, 0.05) is 0 Å². The van der Waals surface area contributed by atoms with E-state index in [2.05, 4.69) is 0 Å². The summed E-state index contributed by atoms with van der Waals surface area (Å²) < 4.78 is 0. The van der Waals surface area contributed by atoms with Gasteiger partial charge in [0.25, 0.3) is 0 Å². The molecule has 0 spiro atoms. The zero-order valence-electron chi connectivity index (χ0n) is 2.34. The first-order chi connectivity index (χ1) is 1.73. The van der Waals surface area contributed by atoms with Crippen molar-refractivity contribution in [2.45, 2.75) is 0 Å². The van der Waals surface area contributed by atoms with Gasteiger partial charge in [0.05, 0.1) is 0 Å². The Hall–Kier alpha value is 2.51. The van der Waals surface area contributed by atoms with Crippen LogP contribution < -0.4 is 0 Å². The van der Waals surface area contributed by atoms with Gasteiger partial charge in [-0.15, -0.1) is 0 Å². The van der Waals surface area contributed by atoms with Crippen LogP contribution in [0.3, 0.4) is 0 Å². The fourth-order valence-corrected chi connectivity index (χ4v) is 0. The molecule has 0 saturated carbocycles. The van der Waals surface area contributed by atoms with Crippen molar-refractivity contribution in [1.29, 1.82) is 0 Å². The molecule has 0 aromatic heterocycles. The van der Waals surface area contributed by atoms with Crippen molar-refractivity contribution in [3.8, 4) is 0 Å². The van der Waals surface area contributed by atoms with E-state index in [1.54, 1.807) is 0 Å². The summed E-state index contributed by atoms with van der Waals surface area (Å²) in [4.78, 5) is 0. The van der Waals surface area contributed by atoms with Crippen LogP contribution in [-0.2, 0) is 14.7 Å². The molecule has 5 heavy (non-hydrogen) atoms. The zero-order chi connectivity index (χ0) is 3.58. The summed E-state index contributed by atoms with van der Waals surface area (Å²) in [6, 6.07) is 0. The number of rotatable bonds is 0. The van der Waals surface area contributed by atoms with Gasteiger partial charge in [0.1, 0.15) is 0 Å². The van der Waals surface area contributed by atoms with E-state index >= 15 is 0 Å². The predicted molar refractivity (Wildman–Crippen MR) is 26.1 cm³/mol. The molecule has 0 saturated heterocycles. The van der Waals surface area contributed by atoms with Crippen LogP contribution >= 0.6 is 27.9 Å². The Morgan fingerprint density at radius 1 is 1.00 bits per heavy atom. The summed E-state index contributed by atoms with van der Waals surface area (Å²) in [7, 11) is 14.9. The molecule has 0 atom stereocenters. The Morgan fingerprint density at radius 2 is 1.00 bits per heavy atom. The number of halogens is 3. The number of hydrogen-bond donors (Lipinski definition) is 0. The van der Waals surface area contributed by atoms with Crippen LogP contribution in [0.2, 0.25) is 0 Å². The molecule has 0 fully saturated rings. The fraction of sp³-hybridized carbons (Fsp3) is 0. The van der Waals surface area contributed by atoms with Gasteiger partial charge in [-0.25, -0.2) is 0 Å². The molecule has 0 aromatic rings. The van der Waals surface area contributed by atoms with Gasteiger partial charge in [-0.05, 0) is 0 Å². The van der Waals surface area contributed by atoms with Crippen molar-refractivity contribution in [2.24, 2.45) is 0 Å². The zero-order valence-corrected chi connectivity index (χ0v) is 11.7. The van der Waals surface area contributed by atoms with Crippen molar-refractivity contribution in [1.82, 2.24) is 0 Å². The van der Waals surface area contributed by atoms with Gasteiger partial charge in [-0.2, -0.15) is 0 Å². The van der Waals surface area contributed by atoms with Gasteiger partial charge < -0.3 is 0 Å². The van der Waals surface area contributed by atoms with Crippen molar-refractivity contribution in [2.75, 3.05) is 0 Å². The fourth-order valence-electron chi connectivity index (χ4n) is 0. The van der Waals surface area contributed by atoms with Crippen molar-refractivity contribution in [3.05, 3.63) is 0 Å². The first kappa shape index (κ1) is 10.5. The summed E-state index contributed by atoms with van der Waals surface area (Å²) >= 11 is -1.92. The van der Waals surface area contributed by atoms with Crippen LogP contribution in [0.15, 0.2) is 0 Å². The molecule has 0 aliphatic heterocycles. The molecule has 0 rings (SSSR count). The second-order valence-corrected chi connectivity index (χ2v) is 7.95. The van der Waals surface area contributed by atoms with Crippen LogP contribution in [0, 0.1) is 0 Å². The van der Waals surface area contributed by atoms with E-state index in [0.29, 0.717) is 0 Å². The van der Waals surface area contributed by atoms with E-state index in [9.17, 15) is 0 Å². The van der Waals surface area contributed by atoms with E-state index < -0.39 is 14.7 Å². The Labute approximate surface area is 68.8 Å². The van der Waals surface area contributed by atoms with E-state index in [0.717, 1.165) is 0 Å². The van der Waals surface area contributed by atoms with Gasteiger partial charge in [0.15, 0.2) is 0 Å². The molecule has 0 unspecified atom stereocenters. The summed E-state index contributed by atoms with van der Waals surface area (Å²) in [5, 5.41) is 0. The Morgan fingerprint density at radius 3 is 1.00 bits per heavy atom. The van der Waals surface area contributed by atoms with Crippen molar-refractivity contribution < 1.29 is 14.7 Å². The minimum absolute atomic E-state index is 0. The third-order valence-electron chi connectivity index (χ3n) is 0. The van der Waals surface area contributed by atoms with Crippen molar-refractivity contribution in [3.63, 3.8) is 0 Å². The molecule has 0 heterocycles. The second kappa shape index (κ2) is 6.51. The van der Waals surface area contributed by atoms with Crippen LogP contribution in [0.4, 0.5) is 0 Å². The molecule has 5 heteroatoms. The minimum atomic E-state index is -1.92. The van der Waals surface area contributed by atoms with Crippen LogP contribution in [-0.4, -0.2) is 27.3 Å². The molecule has 0 bridgehead atoms. The first-order valence-electron chi connectivity index (χ1n) is 0.567. The van der Waals surface area contributed by atoms with Gasteiger partial charge in [-0.1, -0.05) is 0 Å². The summed E-state index contributed by atoms with van der Waals surface area (Å²) in [6.07, 6.45) is 0. The second-order valence-electron chi connectivity index (χ2n) is 0.214. The normalized spacial score (nSPS) is 5.40. The first-order valence-corrected chi connectivity index (χ1v) is 7.01. The van der Waals surface area contributed by atoms with Gasteiger partial charge in [-0.3, -0.25) is 0 Å². The number of hydrogen-bond acceptors (Lipinski definition) is 0. The Kier molecular flexibility index (Phi) is 13.6. The molecular formula is H2Cl3PbTi. The molecule has 0 nitrogen and oxygen atoms in total. The molecule has 2 radical (unpaired) electrons. The molecule has 0 amide bonds. The maximum absolute atomic E-state index is 4.97. The van der Waals surface area contributed by atoms with Gasteiger partial charge in [0.2, 0.25) is 0 Å². The van der Waals surface area contributed by atoms with Gasteiger partial charge >= 0.3 is 69.9 Å². The van der Waals surface area contributed by atoms with Crippen molar-refractivity contribution >= 4 is 55.2 Å². The predicted octanol–water partition coefficient (Wildman–Crippen LogP) is 1.15. The Balaban J connectivity index is 0. The molecule has 0 N–H and O–H groups in total. The maximum atomic E-state index is 4.97. The Bertz CT molecular complexity index is 11.6. The third kappa shape index (κ3) is 21.0. The summed E-state index contributed by atoms with van der Waals surface area (Å²) in [5.74, 6) is 0. The quantitative estimate of drug-likeness (QED) is 0.567. The van der Waals surface area contributed by atoms with Crippen LogP contribution in [0.1, 0.15) is 0 Å². The average molecular weight is 363 g/mol. The summed E-state index contributed by atoms with van der Waals surface area (Å²) in [6.45, 7) is 0. The van der Waals surface area contributed by atoms with E-state index in [1.807, 2.05) is 0 Å². The topological polar surface area (TPSA) is 0 Å². The SMILES string of the molecule is [Cl][Ti]([Cl])[Cl].[PbH2]. The van der Waals surface area contributed by atoms with E-state index in [-0.39, 0.29) is 27.3 Å². The standard InChI is InChI=1S/3ClH.Pb.Ti.2H/h3*1H;;;;/q;;;;+3;;/p-3. The van der Waals surface area contributed by atoms with Crippen LogP contribution in [0.5, 0.6) is 0 Å². The molecule has 0 aliphatic carbocycles. The molecule has 31 valence electrons. The molecule has 0 aliphatic rings. The van der Waals surface area contributed by atoms with E-state index in [4.69, 9.17) is 27.9 Å². The van der Waals surface area contributed by atoms with Crippen LogP contribution in [0.25, 0.3) is 0 Å². The monoisotopic (exact) mass is 363 g/mol. The molecule has 0 aromatic carbocycles. The third-order valence-corrected chi connectivity index (χ3v) is 0.